The molecule has 1 aromatic heterocycles. The second kappa shape index (κ2) is 8.61. The summed E-state index contributed by atoms with van der Waals surface area (Å²) in [6, 6.07) is 11.4. The van der Waals surface area contributed by atoms with Crippen molar-refractivity contribution >= 4 is 34.3 Å². The molecular formula is C22H25N3O2S. The molecule has 1 amide bonds. The Balaban J connectivity index is 1.82. The van der Waals surface area contributed by atoms with Crippen molar-refractivity contribution in [1.82, 2.24) is 9.55 Å². The predicted molar refractivity (Wildman–Crippen MR) is 116 cm³/mol. The zero-order valence-electron chi connectivity index (χ0n) is 16.7. The molecule has 3 rings (SSSR count). The lowest BCUT2D eigenvalue weighted by Gasteiger charge is -2.14. The number of thioether (sulfide) groups is 1. The van der Waals surface area contributed by atoms with Crippen molar-refractivity contribution in [3.63, 3.8) is 0 Å². The van der Waals surface area contributed by atoms with Crippen LogP contribution < -0.4 is 10.9 Å². The van der Waals surface area contributed by atoms with E-state index in [2.05, 4.69) is 22.4 Å². The predicted octanol–water partition coefficient (Wildman–Crippen LogP) is 4.46. The van der Waals surface area contributed by atoms with E-state index in [4.69, 9.17) is 0 Å². The van der Waals surface area contributed by atoms with Crippen LogP contribution in [0.3, 0.4) is 0 Å². The third-order valence-electron chi connectivity index (χ3n) is 4.55. The molecule has 6 heteroatoms. The third-order valence-corrected chi connectivity index (χ3v) is 5.52. The highest BCUT2D eigenvalue weighted by molar-refractivity contribution is 7.99. The highest BCUT2D eigenvalue weighted by Crippen LogP contribution is 2.23. The van der Waals surface area contributed by atoms with E-state index in [0.717, 1.165) is 23.2 Å². The quantitative estimate of drug-likeness (QED) is 0.494. The molecule has 146 valence electrons. The van der Waals surface area contributed by atoms with Crippen LogP contribution >= 0.6 is 11.8 Å². The number of carbonyl (C=O) groups excluding carboxylic acids is 1. The lowest BCUT2D eigenvalue weighted by atomic mass is 10.1. The molecule has 1 N–H and O–H groups in total. The maximum Gasteiger partial charge on any atom is 0.262 e. The minimum absolute atomic E-state index is 0.0550. The van der Waals surface area contributed by atoms with Crippen LogP contribution in [0.1, 0.15) is 30.0 Å². The maximum atomic E-state index is 12.8. The summed E-state index contributed by atoms with van der Waals surface area (Å²) >= 11 is 1.30. The van der Waals surface area contributed by atoms with Crippen molar-refractivity contribution < 1.29 is 4.79 Å². The molecule has 0 spiro atoms. The Morgan fingerprint density at radius 3 is 2.50 bits per heavy atom. The standard InChI is InChI=1S/C22H25N3O2S/c1-5-10-25-21(27)17-8-6-7-9-18(17)23-22(25)28-13-19(26)24-20-15(3)11-14(2)12-16(20)4/h6-9,11-12H,5,10,13H2,1-4H3,(H,24,26). The Morgan fingerprint density at radius 1 is 1.14 bits per heavy atom. The molecule has 0 saturated carbocycles. The summed E-state index contributed by atoms with van der Waals surface area (Å²) in [5.41, 5.74) is 4.72. The molecule has 2 aromatic carbocycles. The number of nitrogens with one attached hydrogen (secondary N) is 1. The summed E-state index contributed by atoms with van der Waals surface area (Å²) in [5, 5.41) is 4.19. The van der Waals surface area contributed by atoms with Gasteiger partial charge in [-0.25, -0.2) is 4.98 Å². The number of amides is 1. The van der Waals surface area contributed by atoms with E-state index >= 15 is 0 Å². The molecule has 3 aromatic rings. The molecule has 0 aliphatic heterocycles. The van der Waals surface area contributed by atoms with Crippen molar-refractivity contribution in [2.24, 2.45) is 0 Å². The number of carbonyl (C=O) groups is 1. The summed E-state index contributed by atoms with van der Waals surface area (Å²) in [6.45, 7) is 8.63. The second-order valence-electron chi connectivity index (χ2n) is 6.98. The van der Waals surface area contributed by atoms with Crippen molar-refractivity contribution in [1.29, 1.82) is 0 Å². The summed E-state index contributed by atoms with van der Waals surface area (Å²) in [4.78, 5) is 30.0. The van der Waals surface area contributed by atoms with Crippen LogP contribution in [0, 0.1) is 20.8 Å². The molecule has 0 fully saturated rings. The largest absolute Gasteiger partial charge is 0.325 e. The average molecular weight is 396 g/mol. The van der Waals surface area contributed by atoms with Gasteiger partial charge in [0.05, 0.1) is 16.7 Å². The Morgan fingerprint density at radius 2 is 1.82 bits per heavy atom. The van der Waals surface area contributed by atoms with E-state index in [9.17, 15) is 9.59 Å². The van der Waals surface area contributed by atoms with Gasteiger partial charge in [0.1, 0.15) is 0 Å². The first-order valence-electron chi connectivity index (χ1n) is 9.40. The number of rotatable bonds is 6. The van der Waals surface area contributed by atoms with Crippen LogP contribution in [0.4, 0.5) is 5.69 Å². The minimum atomic E-state index is -0.106. The Kier molecular flexibility index (Phi) is 6.19. The van der Waals surface area contributed by atoms with E-state index in [-0.39, 0.29) is 17.2 Å². The number of para-hydroxylation sites is 1. The molecule has 0 saturated heterocycles. The molecule has 28 heavy (non-hydrogen) atoms. The summed E-state index contributed by atoms with van der Waals surface area (Å²) in [7, 11) is 0. The van der Waals surface area contributed by atoms with Crippen molar-refractivity contribution in [3.05, 3.63) is 63.4 Å². The molecule has 0 unspecified atom stereocenters. The number of nitrogens with zero attached hydrogens (tertiary/aromatic N) is 2. The van der Waals surface area contributed by atoms with Crippen LogP contribution in [-0.4, -0.2) is 21.2 Å². The van der Waals surface area contributed by atoms with Gasteiger partial charge in [0.2, 0.25) is 5.91 Å². The molecule has 0 atom stereocenters. The Bertz CT molecular complexity index is 1070. The molecule has 5 nitrogen and oxygen atoms in total. The second-order valence-corrected chi connectivity index (χ2v) is 7.92. The van der Waals surface area contributed by atoms with Gasteiger partial charge in [-0.2, -0.15) is 0 Å². The molecule has 0 radical (unpaired) electrons. The van der Waals surface area contributed by atoms with Gasteiger partial charge >= 0.3 is 0 Å². The molecule has 0 aliphatic rings. The molecule has 0 aliphatic carbocycles. The van der Waals surface area contributed by atoms with Crippen LogP contribution in [0.2, 0.25) is 0 Å². The summed E-state index contributed by atoms with van der Waals surface area (Å²) < 4.78 is 1.67. The fourth-order valence-corrected chi connectivity index (χ4v) is 4.19. The van der Waals surface area contributed by atoms with Gasteiger partial charge in [0, 0.05) is 12.2 Å². The van der Waals surface area contributed by atoms with Gasteiger partial charge in [-0.3, -0.25) is 14.2 Å². The lowest BCUT2D eigenvalue weighted by Crippen LogP contribution is -2.24. The van der Waals surface area contributed by atoms with Crippen LogP contribution in [0.25, 0.3) is 10.9 Å². The highest BCUT2D eigenvalue weighted by atomic mass is 32.2. The third kappa shape index (κ3) is 4.28. The molecule has 0 bridgehead atoms. The number of anilines is 1. The van der Waals surface area contributed by atoms with Crippen LogP contribution in [0.5, 0.6) is 0 Å². The number of benzene rings is 2. The monoisotopic (exact) mass is 395 g/mol. The first kappa shape index (κ1) is 20.1. The topological polar surface area (TPSA) is 64.0 Å². The zero-order valence-corrected chi connectivity index (χ0v) is 17.5. The highest BCUT2D eigenvalue weighted by Gasteiger charge is 2.14. The average Bonchev–Trinajstić information content (AvgIpc) is 2.65. The van der Waals surface area contributed by atoms with Crippen LogP contribution in [0.15, 0.2) is 46.3 Å². The fraction of sp³-hybridized carbons (Fsp3) is 0.318. The van der Waals surface area contributed by atoms with Gasteiger partial charge < -0.3 is 5.32 Å². The van der Waals surface area contributed by atoms with E-state index in [1.807, 2.05) is 45.9 Å². The maximum absolute atomic E-state index is 12.8. The van der Waals surface area contributed by atoms with Crippen molar-refractivity contribution in [3.8, 4) is 0 Å². The van der Waals surface area contributed by atoms with E-state index in [1.165, 1.54) is 17.3 Å². The SMILES string of the molecule is CCCn1c(SCC(=O)Nc2c(C)cc(C)cc2C)nc2ccccc2c1=O. The van der Waals surface area contributed by atoms with Gasteiger partial charge in [-0.05, 0) is 50.5 Å². The smallest absolute Gasteiger partial charge is 0.262 e. The molecule has 1 heterocycles. The Labute approximate surface area is 169 Å². The van der Waals surface area contributed by atoms with E-state index in [0.29, 0.717) is 22.6 Å². The van der Waals surface area contributed by atoms with Crippen LogP contribution in [-0.2, 0) is 11.3 Å². The number of hydrogen-bond acceptors (Lipinski definition) is 4. The number of aromatic nitrogens is 2. The fourth-order valence-electron chi connectivity index (χ4n) is 3.36. The first-order valence-corrected chi connectivity index (χ1v) is 10.4. The van der Waals surface area contributed by atoms with E-state index in [1.54, 1.807) is 10.6 Å². The van der Waals surface area contributed by atoms with Gasteiger partial charge in [0.25, 0.3) is 5.56 Å². The van der Waals surface area contributed by atoms with Gasteiger partial charge in [-0.1, -0.05) is 48.5 Å². The summed E-state index contributed by atoms with van der Waals surface area (Å²) in [5.74, 6) is 0.0897. The zero-order chi connectivity index (χ0) is 20.3. The number of aryl methyl sites for hydroxylation is 3. The lowest BCUT2D eigenvalue weighted by molar-refractivity contribution is -0.113. The Hall–Kier alpha value is -2.60. The van der Waals surface area contributed by atoms with Gasteiger partial charge in [-0.15, -0.1) is 0 Å². The minimum Gasteiger partial charge on any atom is -0.325 e. The normalized spacial score (nSPS) is 11.0. The molecular weight excluding hydrogens is 370 g/mol. The summed E-state index contributed by atoms with van der Waals surface area (Å²) in [6.07, 6.45) is 0.821. The number of fused-ring (bicyclic) bond motifs is 1. The van der Waals surface area contributed by atoms with Crippen molar-refractivity contribution in [2.45, 2.75) is 45.8 Å². The van der Waals surface area contributed by atoms with Crippen molar-refractivity contribution in [2.75, 3.05) is 11.1 Å². The van der Waals surface area contributed by atoms with E-state index < -0.39 is 0 Å². The van der Waals surface area contributed by atoms with Gasteiger partial charge in [0.15, 0.2) is 5.16 Å². The first-order chi connectivity index (χ1) is 13.4. The number of hydrogen-bond donors (Lipinski definition) is 1.